The predicted molar refractivity (Wildman–Crippen MR) is 67.5 cm³/mol. The van der Waals surface area contributed by atoms with Gasteiger partial charge in [-0.1, -0.05) is 18.2 Å². The molecule has 20 heavy (non-hydrogen) atoms. The number of aryl methyl sites for hydroxylation is 1. The van der Waals surface area contributed by atoms with Crippen LogP contribution in [0.4, 0.5) is 13.2 Å². The second-order valence-electron chi connectivity index (χ2n) is 4.24. The third-order valence-corrected chi connectivity index (χ3v) is 2.95. The van der Waals surface area contributed by atoms with Crippen LogP contribution in [0.25, 0.3) is 0 Å². The van der Waals surface area contributed by atoms with Crippen molar-refractivity contribution < 1.29 is 22.3 Å². The third kappa shape index (κ3) is 3.14. The Kier molecular flexibility index (Phi) is 4.04. The van der Waals surface area contributed by atoms with E-state index in [-0.39, 0.29) is 5.75 Å². The highest BCUT2D eigenvalue weighted by Crippen LogP contribution is 2.34. The van der Waals surface area contributed by atoms with E-state index < -0.39 is 12.4 Å². The first kappa shape index (κ1) is 14.5. The minimum Gasteiger partial charge on any atom is -0.469 e. The largest absolute Gasteiger partial charge is 0.573 e. The molecule has 0 aliphatic rings. The molecule has 0 saturated heterocycles. The standard InChI is InChI=1S/C14H14F3NO2/c1-9-10(7-8-19-9)13(18-2)11-5-3-4-6-12(11)20-14(15,16)17/h3-8,13,18H,1-2H3. The SMILES string of the molecule is CNC(c1ccccc1OC(F)(F)F)c1ccoc1C. The van der Waals surface area contributed by atoms with E-state index in [0.717, 1.165) is 5.56 Å². The van der Waals surface area contributed by atoms with Crippen LogP contribution in [0, 0.1) is 6.92 Å². The Bertz CT molecular complexity index is 578. The molecule has 0 saturated carbocycles. The van der Waals surface area contributed by atoms with Crippen LogP contribution in [0.15, 0.2) is 41.0 Å². The average molecular weight is 285 g/mol. The minimum atomic E-state index is -4.72. The van der Waals surface area contributed by atoms with Crippen LogP contribution < -0.4 is 10.1 Å². The van der Waals surface area contributed by atoms with Crippen molar-refractivity contribution in [3.63, 3.8) is 0 Å². The number of furan rings is 1. The molecule has 2 rings (SSSR count). The van der Waals surface area contributed by atoms with E-state index in [1.807, 2.05) is 0 Å². The number of halogens is 3. The van der Waals surface area contributed by atoms with E-state index in [4.69, 9.17) is 4.42 Å². The lowest BCUT2D eigenvalue weighted by Gasteiger charge is -2.20. The molecule has 0 aliphatic heterocycles. The highest BCUT2D eigenvalue weighted by atomic mass is 19.4. The van der Waals surface area contributed by atoms with Crippen LogP contribution >= 0.6 is 0 Å². The molecule has 1 unspecified atom stereocenters. The molecule has 6 heteroatoms. The zero-order valence-corrected chi connectivity index (χ0v) is 11.0. The van der Waals surface area contributed by atoms with Gasteiger partial charge in [0, 0.05) is 11.1 Å². The average Bonchev–Trinajstić information content (AvgIpc) is 2.77. The van der Waals surface area contributed by atoms with Gasteiger partial charge in [0.25, 0.3) is 0 Å². The number of para-hydroxylation sites is 1. The number of rotatable bonds is 4. The number of hydrogen-bond donors (Lipinski definition) is 1. The van der Waals surface area contributed by atoms with Crippen molar-refractivity contribution in [2.45, 2.75) is 19.3 Å². The summed E-state index contributed by atoms with van der Waals surface area (Å²) in [6, 6.07) is 7.34. The van der Waals surface area contributed by atoms with Gasteiger partial charge in [-0.3, -0.25) is 0 Å². The molecule has 0 amide bonds. The third-order valence-electron chi connectivity index (χ3n) is 2.95. The molecule has 1 N–H and O–H groups in total. The summed E-state index contributed by atoms with van der Waals surface area (Å²) >= 11 is 0. The fourth-order valence-electron chi connectivity index (χ4n) is 2.11. The molecule has 1 aromatic carbocycles. The molecule has 1 aromatic heterocycles. The number of hydrogen-bond acceptors (Lipinski definition) is 3. The summed E-state index contributed by atoms with van der Waals surface area (Å²) in [6.07, 6.45) is -3.22. The van der Waals surface area contributed by atoms with Crippen molar-refractivity contribution >= 4 is 0 Å². The van der Waals surface area contributed by atoms with Crippen molar-refractivity contribution in [1.29, 1.82) is 0 Å². The summed E-state index contributed by atoms with van der Waals surface area (Å²) in [5.74, 6) is 0.422. The van der Waals surface area contributed by atoms with Crippen LogP contribution in [-0.2, 0) is 0 Å². The summed E-state index contributed by atoms with van der Waals surface area (Å²) in [7, 11) is 1.67. The maximum atomic E-state index is 12.4. The highest BCUT2D eigenvalue weighted by molar-refractivity contribution is 5.42. The first-order valence-corrected chi connectivity index (χ1v) is 5.98. The van der Waals surface area contributed by atoms with Gasteiger partial charge in [-0.2, -0.15) is 0 Å². The minimum absolute atomic E-state index is 0.222. The first-order valence-electron chi connectivity index (χ1n) is 5.98. The number of benzene rings is 1. The molecule has 2 aromatic rings. The van der Waals surface area contributed by atoms with Gasteiger partial charge in [0.15, 0.2) is 0 Å². The fraction of sp³-hybridized carbons (Fsp3) is 0.286. The molecule has 3 nitrogen and oxygen atoms in total. The molecule has 0 radical (unpaired) electrons. The molecule has 0 spiro atoms. The maximum Gasteiger partial charge on any atom is 0.573 e. The highest BCUT2D eigenvalue weighted by Gasteiger charge is 2.33. The maximum absolute atomic E-state index is 12.4. The van der Waals surface area contributed by atoms with Crippen molar-refractivity contribution in [2.24, 2.45) is 0 Å². The smallest absolute Gasteiger partial charge is 0.469 e. The van der Waals surface area contributed by atoms with E-state index in [0.29, 0.717) is 11.3 Å². The van der Waals surface area contributed by atoms with E-state index in [2.05, 4.69) is 10.1 Å². The van der Waals surface area contributed by atoms with Gasteiger partial charge in [0.1, 0.15) is 11.5 Å². The van der Waals surface area contributed by atoms with E-state index >= 15 is 0 Å². The van der Waals surface area contributed by atoms with Gasteiger partial charge < -0.3 is 14.5 Å². The fourth-order valence-corrected chi connectivity index (χ4v) is 2.11. The van der Waals surface area contributed by atoms with Gasteiger partial charge in [-0.15, -0.1) is 13.2 Å². The van der Waals surface area contributed by atoms with E-state index in [1.165, 1.54) is 18.4 Å². The Morgan fingerprint density at radius 2 is 1.85 bits per heavy atom. The second-order valence-corrected chi connectivity index (χ2v) is 4.24. The Hall–Kier alpha value is -1.95. The quantitative estimate of drug-likeness (QED) is 0.928. The molecule has 1 heterocycles. The predicted octanol–water partition coefficient (Wildman–Crippen LogP) is 3.80. The molecule has 108 valence electrons. The van der Waals surface area contributed by atoms with Crippen LogP contribution in [0.2, 0.25) is 0 Å². The molecule has 0 fully saturated rings. The zero-order valence-electron chi connectivity index (χ0n) is 11.0. The summed E-state index contributed by atoms with van der Waals surface area (Å²) in [4.78, 5) is 0. The zero-order chi connectivity index (χ0) is 14.8. The molecular formula is C14H14F3NO2. The van der Waals surface area contributed by atoms with Gasteiger partial charge in [-0.25, -0.2) is 0 Å². The van der Waals surface area contributed by atoms with Gasteiger partial charge in [-0.05, 0) is 26.1 Å². The number of ether oxygens (including phenoxy) is 1. The van der Waals surface area contributed by atoms with Crippen molar-refractivity contribution in [1.82, 2.24) is 5.32 Å². The van der Waals surface area contributed by atoms with Gasteiger partial charge in [0.2, 0.25) is 0 Å². The Balaban J connectivity index is 2.43. The Morgan fingerprint density at radius 1 is 1.15 bits per heavy atom. The summed E-state index contributed by atoms with van der Waals surface area (Å²) < 4.78 is 46.6. The summed E-state index contributed by atoms with van der Waals surface area (Å²) in [5.41, 5.74) is 1.17. The molecular weight excluding hydrogens is 271 g/mol. The van der Waals surface area contributed by atoms with Gasteiger partial charge >= 0.3 is 6.36 Å². The van der Waals surface area contributed by atoms with Gasteiger partial charge in [0.05, 0.1) is 12.3 Å². The van der Waals surface area contributed by atoms with Crippen LogP contribution in [0.3, 0.4) is 0 Å². The van der Waals surface area contributed by atoms with Crippen molar-refractivity contribution in [3.8, 4) is 5.75 Å². The monoisotopic (exact) mass is 285 g/mol. The second kappa shape index (κ2) is 5.58. The van der Waals surface area contributed by atoms with E-state index in [9.17, 15) is 13.2 Å². The topological polar surface area (TPSA) is 34.4 Å². The van der Waals surface area contributed by atoms with Crippen LogP contribution in [0.5, 0.6) is 5.75 Å². The lowest BCUT2D eigenvalue weighted by atomic mass is 9.98. The number of alkyl halides is 3. The van der Waals surface area contributed by atoms with Crippen LogP contribution in [0.1, 0.15) is 22.9 Å². The lowest BCUT2D eigenvalue weighted by Crippen LogP contribution is -2.22. The molecule has 0 aliphatic carbocycles. The molecule has 0 bridgehead atoms. The normalized spacial score (nSPS) is 13.2. The Morgan fingerprint density at radius 3 is 2.40 bits per heavy atom. The van der Waals surface area contributed by atoms with Crippen molar-refractivity contribution in [2.75, 3.05) is 7.05 Å². The summed E-state index contributed by atoms with van der Waals surface area (Å²) in [6.45, 7) is 1.76. The number of nitrogens with one attached hydrogen (secondary N) is 1. The van der Waals surface area contributed by atoms with E-state index in [1.54, 1.807) is 32.2 Å². The van der Waals surface area contributed by atoms with Crippen LogP contribution in [-0.4, -0.2) is 13.4 Å². The molecule has 1 atom stereocenters. The van der Waals surface area contributed by atoms with Crippen molar-refractivity contribution in [3.05, 3.63) is 53.5 Å². The lowest BCUT2D eigenvalue weighted by molar-refractivity contribution is -0.275. The first-order chi connectivity index (χ1) is 9.42. The summed E-state index contributed by atoms with van der Waals surface area (Å²) in [5, 5.41) is 2.98. The Labute approximate surface area is 114 Å².